The fraction of sp³-hybridized carbons (Fsp3) is 0.143. The van der Waals surface area contributed by atoms with Crippen LogP contribution < -0.4 is 0 Å². The summed E-state index contributed by atoms with van der Waals surface area (Å²) in [5, 5.41) is 11.6. The van der Waals surface area contributed by atoms with Crippen molar-refractivity contribution in [1.82, 2.24) is 0 Å². The van der Waals surface area contributed by atoms with Gasteiger partial charge in [-0.15, -0.1) is 0 Å². The van der Waals surface area contributed by atoms with E-state index in [0.29, 0.717) is 16.0 Å². The van der Waals surface area contributed by atoms with E-state index in [2.05, 4.69) is 4.36 Å². The molecule has 4 heteroatoms. The zero-order valence-electron chi connectivity index (χ0n) is 14.1. The molecule has 3 aromatic rings. The summed E-state index contributed by atoms with van der Waals surface area (Å²) in [6.45, 7) is 0. The summed E-state index contributed by atoms with van der Waals surface area (Å²) in [7, 11) is -1.24. The molecule has 0 saturated heterocycles. The molecule has 0 aliphatic heterocycles. The monoisotopic (exact) mass is 351 g/mol. The molecule has 0 heterocycles. The first kappa shape index (κ1) is 17.4. The van der Waals surface area contributed by atoms with Crippen LogP contribution in [0, 0.1) is 0 Å². The van der Waals surface area contributed by atoms with E-state index >= 15 is 0 Å². The molecule has 3 nitrogen and oxygen atoms in total. The third-order valence-corrected chi connectivity index (χ3v) is 6.72. The van der Waals surface area contributed by atoms with E-state index in [1.165, 1.54) is 0 Å². The Hall–Kier alpha value is -2.43. The number of hydrogen-bond donors (Lipinski definition) is 1. The number of aliphatic hydroxyl groups is 1. The topological polar surface area (TPSA) is 49.7 Å². The number of rotatable bonds is 5. The molecule has 0 amide bonds. The van der Waals surface area contributed by atoms with Gasteiger partial charge in [-0.2, -0.15) is 0 Å². The van der Waals surface area contributed by atoms with Crippen molar-refractivity contribution in [3.63, 3.8) is 0 Å². The van der Waals surface area contributed by atoms with Crippen LogP contribution in [-0.4, -0.2) is 22.1 Å². The Morgan fingerprint density at radius 3 is 1.60 bits per heavy atom. The van der Waals surface area contributed by atoms with E-state index in [9.17, 15) is 9.32 Å². The molecule has 0 aromatic heterocycles. The summed E-state index contributed by atoms with van der Waals surface area (Å²) < 4.78 is 17.8. The lowest BCUT2D eigenvalue weighted by Crippen LogP contribution is -2.35. The van der Waals surface area contributed by atoms with Crippen LogP contribution in [0.2, 0.25) is 0 Å². The summed E-state index contributed by atoms with van der Waals surface area (Å²) in [6.07, 6.45) is 0. The van der Waals surface area contributed by atoms with E-state index in [-0.39, 0.29) is 5.75 Å². The third-order valence-electron chi connectivity index (χ3n) is 4.31. The summed E-state index contributed by atoms with van der Waals surface area (Å²) in [5.41, 5.74) is 0.0107. The van der Waals surface area contributed by atoms with Crippen LogP contribution in [0.5, 0.6) is 0 Å². The SMILES string of the molecule is CN=S(=O)(CC(O)(c1ccccc1)c1ccccc1)c1ccccc1. The highest BCUT2D eigenvalue weighted by atomic mass is 32.2. The highest BCUT2D eigenvalue weighted by Crippen LogP contribution is 2.33. The maximum absolute atomic E-state index is 13.6. The van der Waals surface area contributed by atoms with Crippen LogP contribution in [-0.2, 0) is 15.3 Å². The van der Waals surface area contributed by atoms with Crippen LogP contribution in [0.1, 0.15) is 11.1 Å². The summed E-state index contributed by atoms with van der Waals surface area (Å²) in [5.74, 6) is -0.00542. The van der Waals surface area contributed by atoms with Crippen LogP contribution >= 0.6 is 0 Å². The Labute approximate surface area is 149 Å². The maximum atomic E-state index is 13.6. The molecule has 1 unspecified atom stereocenters. The predicted octanol–water partition coefficient (Wildman–Crippen LogP) is 4.08. The Balaban J connectivity index is 2.15. The van der Waals surface area contributed by atoms with Crippen LogP contribution in [0.15, 0.2) is 100 Å². The quantitative estimate of drug-likeness (QED) is 0.753. The minimum atomic E-state index is -2.78. The van der Waals surface area contributed by atoms with Gasteiger partial charge >= 0.3 is 0 Å². The Morgan fingerprint density at radius 1 is 0.800 bits per heavy atom. The first-order valence-corrected chi connectivity index (χ1v) is 9.78. The summed E-state index contributed by atoms with van der Waals surface area (Å²) in [6, 6.07) is 27.8. The Bertz CT molecular complexity index is 892. The number of benzene rings is 3. The second-order valence-corrected chi connectivity index (χ2v) is 8.28. The molecular weight excluding hydrogens is 330 g/mol. The highest BCUT2D eigenvalue weighted by molar-refractivity contribution is 7.93. The van der Waals surface area contributed by atoms with Crippen molar-refractivity contribution >= 4 is 9.73 Å². The normalized spacial score (nSPS) is 13.8. The smallest absolute Gasteiger partial charge is 0.127 e. The second-order valence-electron chi connectivity index (χ2n) is 5.87. The molecule has 128 valence electrons. The van der Waals surface area contributed by atoms with E-state index < -0.39 is 15.3 Å². The standard InChI is InChI=1S/C21H21NO2S/c1-22-25(24,20-15-9-4-10-16-20)17-21(23,18-11-5-2-6-12-18)19-13-7-3-8-14-19/h2-16,23H,17H2,1H3. The van der Waals surface area contributed by atoms with Crippen molar-refractivity contribution in [2.75, 3.05) is 12.8 Å². The summed E-state index contributed by atoms with van der Waals surface area (Å²) >= 11 is 0. The molecule has 0 spiro atoms. The molecule has 1 N–H and O–H groups in total. The Kier molecular flexibility index (Phi) is 5.02. The largest absolute Gasteiger partial charge is 0.379 e. The van der Waals surface area contributed by atoms with Gasteiger partial charge in [0, 0.05) is 11.9 Å². The van der Waals surface area contributed by atoms with E-state index in [1.807, 2.05) is 78.9 Å². The molecule has 3 aromatic carbocycles. The maximum Gasteiger partial charge on any atom is 0.127 e. The van der Waals surface area contributed by atoms with Gasteiger partial charge in [-0.05, 0) is 23.3 Å². The van der Waals surface area contributed by atoms with Gasteiger partial charge in [0.25, 0.3) is 0 Å². The van der Waals surface area contributed by atoms with Crippen LogP contribution in [0.3, 0.4) is 0 Å². The first-order valence-electron chi connectivity index (χ1n) is 8.10. The van der Waals surface area contributed by atoms with Gasteiger partial charge in [0.1, 0.15) is 5.60 Å². The lowest BCUT2D eigenvalue weighted by Gasteiger charge is -2.30. The number of nitrogens with zero attached hydrogens (tertiary/aromatic N) is 1. The van der Waals surface area contributed by atoms with Gasteiger partial charge in [0.15, 0.2) is 0 Å². The average molecular weight is 351 g/mol. The molecule has 0 aliphatic carbocycles. The van der Waals surface area contributed by atoms with Crippen molar-refractivity contribution in [2.24, 2.45) is 4.36 Å². The zero-order chi connectivity index (χ0) is 17.8. The molecule has 0 bridgehead atoms. The van der Waals surface area contributed by atoms with Crippen LogP contribution in [0.4, 0.5) is 0 Å². The minimum Gasteiger partial charge on any atom is -0.379 e. The molecule has 3 rings (SSSR count). The molecule has 1 atom stereocenters. The highest BCUT2D eigenvalue weighted by Gasteiger charge is 2.36. The zero-order valence-corrected chi connectivity index (χ0v) is 14.9. The minimum absolute atomic E-state index is 0.00542. The van der Waals surface area contributed by atoms with Crippen molar-refractivity contribution in [3.05, 3.63) is 102 Å². The molecular formula is C21H21NO2S. The van der Waals surface area contributed by atoms with Crippen molar-refractivity contribution in [3.8, 4) is 0 Å². The molecule has 0 saturated carbocycles. The van der Waals surface area contributed by atoms with Gasteiger partial charge in [-0.25, -0.2) is 8.57 Å². The van der Waals surface area contributed by atoms with Gasteiger partial charge in [0.2, 0.25) is 0 Å². The number of hydrogen-bond acceptors (Lipinski definition) is 3. The molecule has 0 radical (unpaired) electrons. The molecule has 0 aliphatic rings. The van der Waals surface area contributed by atoms with E-state index in [0.717, 1.165) is 0 Å². The van der Waals surface area contributed by atoms with Crippen molar-refractivity contribution in [2.45, 2.75) is 10.5 Å². The van der Waals surface area contributed by atoms with Crippen LogP contribution in [0.25, 0.3) is 0 Å². The Morgan fingerprint density at radius 2 is 1.20 bits per heavy atom. The van der Waals surface area contributed by atoms with Gasteiger partial charge in [-0.1, -0.05) is 78.9 Å². The second kappa shape index (κ2) is 7.21. The van der Waals surface area contributed by atoms with Gasteiger partial charge in [0.05, 0.1) is 15.5 Å². The average Bonchev–Trinajstić information content (AvgIpc) is 2.70. The predicted molar refractivity (Wildman–Crippen MR) is 102 cm³/mol. The van der Waals surface area contributed by atoms with E-state index in [1.54, 1.807) is 19.2 Å². The first-order chi connectivity index (χ1) is 12.1. The fourth-order valence-corrected chi connectivity index (χ4v) is 4.92. The summed E-state index contributed by atoms with van der Waals surface area (Å²) in [4.78, 5) is 0.628. The van der Waals surface area contributed by atoms with Crippen molar-refractivity contribution < 1.29 is 9.32 Å². The van der Waals surface area contributed by atoms with Gasteiger partial charge in [-0.3, -0.25) is 0 Å². The molecule has 25 heavy (non-hydrogen) atoms. The lowest BCUT2D eigenvalue weighted by molar-refractivity contribution is 0.106. The molecule has 0 fully saturated rings. The van der Waals surface area contributed by atoms with Gasteiger partial charge < -0.3 is 5.11 Å². The van der Waals surface area contributed by atoms with Crippen molar-refractivity contribution in [1.29, 1.82) is 0 Å². The lowest BCUT2D eigenvalue weighted by atomic mass is 9.88. The van der Waals surface area contributed by atoms with E-state index in [4.69, 9.17) is 0 Å². The fourth-order valence-electron chi connectivity index (χ4n) is 2.93. The third kappa shape index (κ3) is 3.50.